The summed E-state index contributed by atoms with van der Waals surface area (Å²) < 4.78 is 32.0. The van der Waals surface area contributed by atoms with Crippen LogP contribution in [0.5, 0.6) is 0 Å². The van der Waals surface area contributed by atoms with Gasteiger partial charge in [-0.15, -0.1) is 0 Å². The van der Waals surface area contributed by atoms with Gasteiger partial charge >= 0.3 is 0 Å². The molecule has 6 heteroatoms. The Morgan fingerprint density at radius 1 is 1.15 bits per heavy atom. The van der Waals surface area contributed by atoms with Gasteiger partial charge in [0.25, 0.3) is 0 Å². The Morgan fingerprint density at radius 2 is 2.00 bits per heavy atom. The lowest BCUT2D eigenvalue weighted by molar-refractivity contribution is 0.0200. The van der Waals surface area contributed by atoms with Crippen LogP contribution in [-0.4, -0.2) is 46.0 Å². The Labute approximate surface area is 122 Å². The molecule has 1 heterocycles. The molecule has 3 atom stereocenters. The van der Waals surface area contributed by atoms with Crippen molar-refractivity contribution in [2.75, 3.05) is 25.4 Å². The molecule has 118 valence electrons. The predicted octanol–water partition coefficient (Wildman–Crippen LogP) is 1.25. The summed E-state index contributed by atoms with van der Waals surface area (Å²) in [5.41, 5.74) is 0. The summed E-state index contributed by atoms with van der Waals surface area (Å²) in [6.07, 6.45) is 6.91. The van der Waals surface area contributed by atoms with Crippen molar-refractivity contribution in [1.29, 1.82) is 0 Å². The van der Waals surface area contributed by atoms with E-state index in [4.69, 9.17) is 4.74 Å². The number of rotatable bonds is 7. The first-order valence-corrected chi connectivity index (χ1v) is 9.54. The van der Waals surface area contributed by atoms with Crippen molar-refractivity contribution >= 4 is 10.0 Å². The Hall–Kier alpha value is -0.170. The number of ether oxygens (including phenoxy) is 1. The zero-order valence-corrected chi connectivity index (χ0v) is 13.3. The topological polar surface area (TPSA) is 67.4 Å². The number of hydrogen-bond acceptors (Lipinski definition) is 4. The maximum Gasteiger partial charge on any atom is 0.212 e. The quantitative estimate of drug-likeness (QED) is 0.743. The van der Waals surface area contributed by atoms with E-state index in [-0.39, 0.29) is 11.9 Å². The third-order valence-corrected chi connectivity index (χ3v) is 5.79. The summed E-state index contributed by atoms with van der Waals surface area (Å²) in [6.45, 7) is 3.95. The number of sulfonamides is 1. The molecule has 1 saturated heterocycles. The molecule has 0 radical (unpaired) electrons. The Morgan fingerprint density at radius 3 is 2.65 bits per heavy atom. The fourth-order valence-corrected chi connectivity index (χ4v) is 4.06. The summed E-state index contributed by atoms with van der Waals surface area (Å²) in [4.78, 5) is 0. The van der Waals surface area contributed by atoms with Crippen LogP contribution in [0.15, 0.2) is 0 Å². The smallest absolute Gasteiger partial charge is 0.212 e. The maximum absolute atomic E-state index is 11.9. The highest BCUT2D eigenvalue weighted by atomic mass is 32.2. The predicted molar refractivity (Wildman–Crippen MR) is 80.2 cm³/mol. The largest absolute Gasteiger partial charge is 0.377 e. The van der Waals surface area contributed by atoms with Crippen LogP contribution in [0.1, 0.15) is 45.4 Å². The van der Waals surface area contributed by atoms with E-state index in [0.29, 0.717) is 25.0 Å². The van der Waals surface area contributed by atoms with E-state index in [1.165, 1.54) is 19.3 Å². The van der Waals surface area contributed by atoms with Gasteiger partial charge < -0.3 is 10.1 Å². The van der Waals surface area contributed by atoms with Gasteiger partial charge in [-0.3, -0.25) is 0 Å². The molecule has 0 unspecified atom stereocenters. The van der Waals surface area contributed by atoms with Crippen molar-refractivity contribution in [3.63, 3.8) is 0 Å². The van der Waals surface area contributed by atoms with E-state index >= 15 is 0 Å². The van der Waals surface area contributed by atoms with E-state index in [2.05, 4.69) is 17.0 Å². The fraction of sp³-hybridized carbons (Fsp3) is 1.00. The van der Waals surface area contributed by atoms with Gasteiger partial charge in [0.15, 0.2) is 0 Å². The van der Waals surface area contributed by atoms with E-state index in [1.807, 2.05) is 0 Å². The van der Waals surface area contributed by atoms with Gasteiger partial charge in [-0.1, -0.05) is 13.3 Å². The molecular weight excluding hydrogens is 276 g/mol. The third-order valence-electron chi connectivity index (χ3n) is 4.44. The summed E-state index contributed by atoms with van der Waals surface area (Å²) in [7, 11) is -3.18. The molecule has 0 spiro atoms. The summed E-state index contributed by atoms with van der Waals surface area (Å²) in [5.74, 6) is 0.824. The lowest BCUT2D eigenvalue weighted by atomic mass is 10.1. The lowest BCUT2D eigenvalue weighted by Gasteiger charge is -2.23. The molecule has 5 nitrogen and oxygen atoms in total. The van der Waals surface area contributed by atoms with Crippen LogP contribution in [0.2, 0.25) is 0 Å². The van der Waals surface area contributed by atoms with E-state index in [1.54, 1.807) is 0 Å². The summed E-state index contributed by atoms with van der Waals surface area (Å²) >= 11 is 0. The molecular formula is C14H28N2O3S. The van der Waals surface area contributed by atoms with Crippen molar-refractivity contribution in [2.45, 2.75) is 57.6 Å². The van der Waals surface area contributed by atoms with Crippen LogP contribution in [0.25, 0.3) is 0 Å². The van der Waals surface area contributed by atoms with Crippen molar-refractivity contribution < 1.29 is 13.2 Å². The van der Waals surface area contributed by atoms with Crippen LogP contribution in [0, 0.1) is 5.92 Å². The molecule has 0 aromatic rings. The fourth-order valence-electron chi connectivity index (χ4n) is 3.09. The van der Waals surface area contributed by atoms with Gasteiger partial charge in [0.05, 0.1) is 11.9 Å². The molecule has 2 aliphatic rings. The second kappa shape index (κ2) is 7.73. The van der Waals surface area contributed by atoms with Gasteiger partial charge in [0.1, 0.15) is 0 Å². The number of hydrogen-bond donors (Lipinski definition) is 2. The molecule has 20 heavy (non-hydrogen) atoms. The molecule has 0 aromatic carbocycles. The van der Waals surface area contributed by atoms with Crippen molar-refractivity contribution in [2.24, 2.45) is 5.92 Å². The van der Waals surface area contributed by atoms with Crippen molar-refractivity contribution in [3.8, 4) is 0 Å². The molecule has 2 rings (SSSR count). The second-order valence-corrected chi connectivity index (χ2v) is 8.05. The highest BCUT2D eigenvalue weighted by molar-refractivity contribution is 7.89. The lowest BCUT2D eigenvalue weighted by Crippen LogP contribution is -2.40. The summed E-state index contributed by atoms with van der Waals surface area (Å²) in [6, 6.07) is 0.492. The molecule has 2 fully saturated rings. The van der Waals surface area contributed by atoms with Gasteiger partial charge in [0.2, 0.25) is 10.0 Å². The molecule has 2 N–H and O–H groups in total. The average molecular weight is 304 g/mol. The van der Waals surface area contributed by atoms with E-state index in [9.17, 15) is 8.42 Å². The Balaban J connectivity index is 1.62. The SMILES string of the molecule is C[C@@H]1CCC[C@@H]1NCCS(=O)(=O)NC[C@@H]1CCCCO1. The van der Waals surface area contributed by atoms with Crippen LogP contribution in [0.4, 0.5) is 0 Å². The Kier molecular flexibility index (Phi) is 6.26. The third kappa shape index (κ3) is 5.31. The highest BCUT2D eigenvalue weighted by Gasteiger charge is 2.23. The zero-order valence-electron chi connectivity index (χ0n) is 12.4. The van der Waals surface area contributed by atoms with Crippen LogP contribution in [-0.2, 0) is 14.8 Å². The van der Waals surface area contributed by atoms with Gasteiger partial charge in [-0.25, -0.2) is 13.1 Å². The molecule has 0 bridgehead atoms. The number of nitrogens with one attached hydrogen (secondary N) is 2. The molecule has 1 aliphatic carbocycles. The molecule has 1 aliphatic heterocycles. The first-order chi connectivity index (χ1) is 9.57. The standard InChI is InChI=1S/C14H28N2O3S/c1-12-5-4-7-14(12)15-8-10-20(17,18)16-11-13-6-2-3-9-19-13/h12-16H,2-11H2,1H3/t12-,13+,14+/m1/s1. The highest BCUT2D eigenvalue weighted by Crippen LogP contribution is 2.24. The first-order valence-electron chi connectivity index (χ1n) is 7.89. The van der Waals surface area contributed by atoms with E-state index < -0.39 is 10.0 Å². The van der Waals surface area contributed by atoms with Crippen molar-refractivity contribution in [3.05, 3.63) is 0 Å². The van der Waals surface area contributed by atoms with Gasteiger partial charge in [-0.2, -0.15) is 0 Å². The van der Waals surface area contributed by atoms with Gasteiger partial charge in [-0.05, 0) is 38.0 Å². The normalized spacial score (nSPS) is 31.6. The maximum atomic E-state index is 11.9. The molecule has 1 saturated carbocycles. The second-order valence-electron chi connectivity index (χ2n) is 6.12. The summed E-state index contributed by atoms with van der Waals surface area (Å²) in [5, 5.41) is 3.38. The minimum atomic E-state index is -3.18. The van der Waals surface area contributed by atoms with Crippen LogP contribution >= 0.6 is 0 Å². The van der Waals surface area contributed by atoms with Crippen LogP contribution < -0.4 is 10.0 Å². The minimum absolute atomic E-state index is 0.0568. The molecule has 0 aromatic heterocycles. The van der Waals surface area contributed by atoms with E-state index in [0.717, 1.165) is 25.9 Å². The first kappa shape index (κ1) is 16.2. The Bertz CT molecular complexity index is 380. The monoisotopic (exact) mass is 304 g/mol. The van der Waals surface area contributed by atoms with Crippen LogP contribution in [0.3, 0.4) is 0 Å². The average Bonchev–Trinajstić information content (AvgIpc) is 2.83. The molecule has 0 amide bonds. The zero-order chi connectivity index (χ0) is 14.4. The van der Waals surface area contributed by atoms with Crippen molar-refractivity contribution in [1.82, 2.24) is 10.0 Å². The van der Waals surface area contributed by atoms with Gasteiger partial charge in [0, 0.05) is 25.7 Å². The minimum Gasteiger partial charge on any atom is -0.377 e.